The number of fused-ring (bicyclic) bond motifs is 1. The molecule has 0 fully saturated rings. The average Bonchev–Trinajstić information content (AvgIpc) is 2.99. The van der Waals surface area contributed by atoms with Crippen LogP contribution >= 0.6 is 0 Å². The first-order chi connectivity index (χ1) is 14.5. The molecule has 10 heteroatoms. The molecule has 0 aliphatic heterocycles. The lowest BCUT2D eigenvalue weighted by Gasteiger charge is -2.17. The summed E-state index contributed by atoms with van der Waals surface area (Å²) in [5.74, 6) is -2.10. The number of alkyl halides is 3. The lowest BCUT2D eigenvalue weighted by molar-refractivity contribution is -0.151. The third-order valence-corrected chi connectivity index (χ3v) is 5.37. The quantitative estimate of drug-likeness (QED) is 0.472. The van der Waals surface area contributed by atoms with Crippen LogP contribution in [0, 0.1) is 0 Å². The first kappa shape index (κ1) is 22.4. The van der Waals surface area contributed by atoms with Gasteiger partial charge in [0.15, 0.2) is 5.56 Å². The Morgan fingerprint density at radius 3 is 2.55 bits per heavy atom. The number of nitrogens with one attached hydrogen (secondary N) is 2. The van der Waals surface area contributed by atoms with Gasteiger partial charge >= 0.3 is 12.1 Å². The van der Waals surface area contributed by atoms with Crippen LogP contribution in [0.15, 0.2) is 29.1 Å². The Hall–Kier alpha value is -3.27. The van der Waals surface area contributed by atoms with Crippen molar-refractivity contribution >= 4 is 16.9 Å². The number of hydrogen-bond donors (Lipinski definition) is 4. The molecule has 0 aliphatic carbocycles. The normalized spacial score (nSPS) is 13.0. The van der Waals surface area contributed by atoms with Crippen LogP contribution in [0.4, 0.5) is 13.2 Å². The number of carboxylic acid groups (broad SMARTS) is 1. The first-order valence-corrected chi connectivity index (χ1v) is 9.55. The molecule has 3 rings (SSSR count). The lowest BCUT2D eigenvalue weighted by Crippen LogP contribution is -2.39. The van der Waals surface area contributed by atoms with E-state index < -0.39 is 35.1 Å². The van der Waals surface area contributed by atoms with E-state index in [9.17, 15) is 33.0 Å². The molecule has 7 nitrogen and oxygen atoms in total. The molecule has 0 radical (unpaired) electrons. The molecular weight excluding hydrogens is 415 g/mol. The number of aromatic amines is 1. The van der Waals surface area contributed by atoms with Crippen LogP contribution in [0.1, 0.15) is 35.5 Å². The zero-order valence-electron chi connectivity index (χ0n) is 17.1. The summed E-state index contributed by atoms with van der Waals surface area (Å²) in [6.07, 6.45) is -4.07. The highest BCUT2D eigenvalue weighted by Crippen LogP contribution is 2.32. The minimum atomic E-state index is -4.34. The van der Waals surface area contributed by atoms with Gasteiger partial charge in [-0.05, 0) is 37.1 Å². The van der Waals surface area contributed by atoms with Gasteiger partial charge in [-0.25, -0.2) is 4.79 Å². The maximum Gasteiger partial charge on any atom is 0.403 e. The van der Waals surface area contributed by atoms with E-state index in [1.807, 2.05) is 0 Å². The van der Waals surface area contributed by atoms with Gasteiger partial charge in [-0.3, -0.25) is 4.79 Å². The molecule has 2 aromatic heterocycles. The fourth-order valence-electron chi connectivity index (χ4n) is 3.52. The van der Waals surface area contributed by atoms with Crippen LogP contribution in [0.5, 0.6) is 5.75 Å². The number of rotatable bonds is 6. The number of hydrogen-bond acceptors (Lipinski definition) is 4. The van der Waals surface area contributed by atoms with E-state index in [0.29, 0.717) is 17.0 Å². The zero-order chi connectivity index (χ0) is 23.1. The molecule has 0 saturated heterocycles. The Morgan fingerprint density at radius 1 is 1.29 bits per heavy atom. The van der Waals surface area contributed by atoms with Crippen molar-refractivity contribution in [3.8, 4) is 17.0 Å². The van der Waals surface area contributed by atoms with Gasteiger partial charge in [-0.1, -0.05) is 13.0 Å². The van der Waals surface area contributed by atoms with Gasteiger partial charge in [0.1, 0.15) is 11.8 Å². The number of H-pyrrole nitrogens is 1. The summed E-state index contributed by atoms with van der Waals surface area (Å²) in [6.45, 7) is 2.78. The molecule has 2 heterocycles. The smallest absolute Gasteiger partial charge is 0.403 e. The van der Waals surface area contributed by atoms with Crippen LogP contribution in [0.2, 0.25) is 0 Å². The number of aromatic hydroxyl groups is 1. The summed E-state index contributed by atoms with van der Waals surface area (Å²) in [7, 11) is 1.74. The van der Waals surface area contributed by atoms with Crippen molar-refractivity contribution in [1.29, 1.82) is 0 Å². The van der Waals surface area contributed by atoms with Crippen molar-refractivity contribution in [2.45, 2.75) is 39.0 Å². The molecule has 0 saturated carbocycles. The zero-order valence-corrected chi connectivity index (χ0v) is 17.1. The molecule has 31 heavy (non-hydrogen) atoms. The van der Waals surface area contributed by atoms with Gasteiger partial charge in [-0.15, -0.1) is 0 Å². The SMILES string of the molecule is CCc1c(-c2ccc3c(c2)cc(CN[C@H](C)C(F)(F)F)n3C)[nH]c(=O)c(C(=O)O)c1O. The Morgan fingerprint density at radius 2 is 1.97 bits per heavy atom. The highest BCUT2D eigenvalue weighted by molar-refractivity contribution is 5.92. The molecule has 166 valence electrons. The summed E-state index contributed by atoms with van der Waals surface area (Å²) in [5, 5.41) is 22.7. The summed E-state index contributed by atoms with van der Waals surface area (Å²) in [6, 6.07) is 5.26. The minimum absolute atomic E-state index is 0.00628. The molecule has 1 aromatic carbocycles. The fraction of sp³-hybridized carbons (Fsp3) is 0.333. The Balaban J connectivity index is 2.04. The number of halogens is 3. The highest BCUT2D eigenvalue weighted by Gasteiger charge is 2.35. The Kier molecular flexibility index (Phi) is 5.86. The van der Waals surface area contributed by atoms with E-state index in [2.05, 4.69) is 10.3 Å². The number of benzene rings is 1. The predicted octanol–water partition coefficient (Wildman–Crippen LogP) is 3.54. The summed E-state index contributed by atoms with van der Waals surface area (Å²) in [4.78, 5) is 26.0. The van der Waals surface area contributed by atoms with Crippen molar-refractivity contribution in [3.05, 3.63) is 51.4 Å². The first-order valence-electron chi connectivity index (χ1n) is 9.55. The number of aryl methyl sites for hydroxylation is 1. The summed E-state index contributed by atoms with van der Waals surface area (Å²) >= 11 is 0. The van der Waals surface area contributed by atoms with Crippen molar-refractivity contribution in [1.82, 2.24) is 14.9 Å². The van der Waals surface area contributed by atoms with Gasteiger partial charge < -0.3 is 25.1 Å². The molecule has 0 spiro atoms. The van der Waals surface area contributed by atoms with Gasteiger partial charge in [0.05, 0.1) is 5.69 Å². The molecular formula is C21H22F3N3O4. The van der Waals surface area contributed by atoms with Crippen LogP contribution in [-0.2, 0) is 20.0 Å². The summed E-state index contributed by atoms with van der Waals surface area (Å²) < 4.78 is 40.0. The molecule has 3 aromatic rings. The van der Waals surface area contributed by atoms with E-state index in [-0.39, 0.29) is 18.5 Å². The highest BCUT2D eigenvalue weighted by atomic mass is 19.4. The number of aromatic carboxylic acids is 1. The number of pyridine rings is 1. The Bertz CT molecular complexity index is 1210. The molecule has 1 atom stereocenters. The number of aromatic nitrogens is 2. The maximum absolute atomic E-state index is 12.8. The van der Waals surface area contributed by atoms with Crippen LogP contribution in [0.3, 0.4) is 0 Å². The van der Waals surface area contributed by atoms with Gasteiger partial charge in [0, 0.05) is 35.8 Å². The van der Waals surface area contributed by atoms with Crippen molar-refractivity contribution in [2.24, 2.45) is 7.05 Å². The molecule has 0 unspecified atom stereocenters. The second-order valence-corrected chi connectivity index (χ2v) is 7.30. The molecule has 0 amide bonds. The minimum Gasteiger partial charge on any atom is -0.506 e. The number of carbonyl (C=O) groups is 1. The number of carboxylic acids is 1. The van der Waals surface area contributed by atoms with Gasteiger partial charge in [0.2, 0.25) is 0 Å². The van der Waals surface area contributed by atoms with E-state index in [4.69, 9.17) is 0 Å². The van der Waals surface area contributed by atoms with Gasteiger partial charge in [-0.2, -0.15) is 13.2 Å². The molecule has 0 aliphatic rings. The second kappa shape index (κ2) is 8.10. The van der Waals surface area contributed by atoms with Crippen molar-refractivity contribution < 1.29 is 28.2 Å². The predicted molar refractivity (Wildman–Crippen MR) is 109 cm³/mol. The van der Waals surface area contributed by atoms with Crippen LogP contribution in [0.25, 0.3) is 22.2 Å². The van der Waals surface area contributed by atoms with Crippen LogP contribution < -0.4 is 10.9 Å². The van der Waals surface area contributed by atoms with Crippen molar-refractivity contribution in [3.63, 3.8) is 0 Å². The van der Waals surface area contributed by atoms with Crippen molar-refractivity contribution in [2.75, 3.05) is 0 Å². The van der Waals surface area contributed by atoms with E-state index in [0.717, 1.165) is 17.8 Å². The topological polar surface area (TPSA) is 107 Å². The third-order valence-electron chi connectivity index (χ3n) is 5.37. The van der Waals surface area contributed by atoms with Gasteiger partial charge in [0.25, 0.3) is 5.56 Å². The fourth-order valence-corrected chi connectivity index (χ4v) is 3.52. The largest absolute Gasteiger partial charge is 0.506 e. The summed E-state index contributed by atoms with van der Waals surface area (Å²) in [5.41, 5.74) is 0.898. The monoisotopic (exact) mass is 437 g/mol. The van der Waals surface area contributed by atoms with E-state index in [1.54, 1.807) is 42.8 Å². The standard InChI is InChI=1S/C21H22F3N3O4/c1-4-14-17(26-19(29)16(18(14)28)20(30)31)11-5-6-15-12(7-11)8-13(27(15)3)9-25-10(2)21(22,23)24/h5-8,10,25H,4,9H2,1-3H3,(H,30,31)(H2,26,28,29)/t10-/m1/s1. The van der Waals surface area contributed by atoms with E-state index in [1.165, 1.54) is 0 Å². The second-order valence-electron chi connectivity index (χ2n) is 7.30. The third kappa shape index (κ3) is 4.15. The molecule has 0 bridgehead atoms. The van der Waals surface area contributed by atoms with Crippen LogP contribution in [-0.4, -0.2) is 38.0 Å². The maximum atomic E-state index is 12.8. The van der Waals surface area contributed by atoms with E-state index >= 15 is 0 Å². The molecule has 4 N–H and O–H groups in total. The Labute approximate surface area is 175 Å². The lowest BCUT2D eigenvalue weighted by atomic mass is 9.99. The number of nitrogens with zero attached hydrogens (tertiary/aromatic N) is 1. The average molecular weight is 437 g/mol.